The molecule has 1 aromatic carbocycles. The number of nitrogens with two attached hydrogens (primary N) is 1. The molecule has 0 amide bonds. The van der Waals surface area contributed by atoms with Crippen LogP contribution in [0.1, 0.15) is 30.2 Å². The van der Waals surface area contributed by atoms with Crippen molar-refractivity contribution in [1.82, 2.24) is 9.88 Å². The second-order valence-corrected chi connectivity index (χ2v) is 6.34. The number of hydrogen-bond acceptors (Lipinski definition) is 4. The summed E-state index contributed by atoms with van der Waals surface area (Å²) in [6.07, 6.45) is 3.60. The van der Waals surface area contributed by atoms with Crippen LogP contribution in [0.2, 0.25) is 0 Å². The number of benzene rings is 1. The smallest absolute Gasteiger partial charge is 0.0970 e. The molecule has 102 valence electrons. The van der Waals surface area contributed by atoms with Gasteiger partial charge in [-0.3, -0.25) is 0 Å². The van der Waals surface area contributed by atoms with Crippen molar-refractivity contribution < 1.29 is 0 Å². The second-order valence-electron chi connectivity index (χ2n) is 5.28. The summed E-state index contributed by atoms with van der Waals surface area (Å²) in [5, 5.41) is 1.33. The Morgan fingerprint density at radius 2 is 2.05 bits per heavy atom. The van der Waals surface area contributed by atoms with Crippen LogP contribution in [0.4, 0.5) is 0 Å². The van der Waals surface area contributed by atoms with Crippen LogP contribution in [0.5, 0.6) is 0 Å². The van der Waals surface area contributed by atoms with Gasteiger partial charge >= 0.3 is 0 Å². The standard InChI is InChI=1S/C15H21N3S/c16-8-3-9-18-10-6-12(7-11-18)15-17-13-4-1-2-5-14(13)19-15/h1-2,4-5,12H,3,6-11,16H2. The van der Waals surface area contributed by atoms with Gasteiger partial charge in [-0.1, -0.05) is 12.1 Å². The fourth-order valence-electron chi connectivity index (χ4n) is 2.78. The predicted molar refractivity (Wildman–Crippen MR) is 81.7 cm³/mol. The van der Waals surface area contributed by atoms with E-state index < -0.39 is 0 Å². The van der Waals surface area contributed by atoms with E-state index in [1.807, 2.05) is 11.3 Å². The van der Waals surface area contributed by atoms with Gasteiger partial charge in [-0.25, -0.2) is 4.98 Å². The van der Waals surface area contributed by atoms with Gasteiger partial charge in [0.2, 0.25) is 0 Å². The summed E-state index contributed by atoms with van der Waals surface area (Å²) in [4.78, 5) is 7.34. The predicted octanol–water partition coefficient (Wildman–Crippen LogP) is 2.82. The lowest BCUT2D eigenvalue weighted by molar-refractivity contribution is 0.211. The summed E-state index contributed by atoms with van der Waals surface area (Å²) in [6.45, 7) is 4.35. The van der Waals surface area contributed by atoms with Crippen LogP contribution < -0.4 is 5.73 Å². The van der Waals surface area contributed by atoms with Crippen molar-refractivity contribution in [3.8, 4) is 0 Å². The van der Waals surface area contributed by atoms with Gasteiger partial charge in [0.1, 0.15) is 0 Å². The van der Waals surface area contributed by atoms with Gasteiger partial charge in [-0.05, 0) is 57.6 Å². The van der Waals surface area contributed by atoms with E-state index in [0.717, 1.165) is 25.0 Å². The molecule has 1 aliphatic rings. The number of piperidine rings is 1. The first-order chi connectivity index (χ1) is 9.36. The van der Waals surface area contributed by atoms with E-state index in [0.29, 0.717) is 5.92 Å². The number of para-hydroxylation sites is 1. The van der Waals surface area contributed by atoms with Crippen molar-refractivity contribution in [2.45, 2.75) is 25.2 Å². The molecule has 0 bridgehead atoms. The molecular weight excluding hydrogens is 254 g/mol. The van der Waals surface area contributed by atoms with Crippen LogP contribution in [-0.4, -0.2) is 36.1 Å². The minimum Gasteiger partial charge on any atom is -0.330 e. The number of nitrogens with zero attached hydrogens (tertiary/aromatic N) is 2. The van der Waals surface area contributed by atoms with E-state index in [2.05, 4.69) is 29.2 Å². The summed E-state index contributed by atoms with van der Waals surface area (Å²) in [7, 11) is 0. The maximum Gasteiger partial charge on any atom is 0.0970 e. The number of rotatable bonds is 4. The Bertz CT molecular complexity index is 496. The Balaban J connectivity index is 1.64. The quantitative estimate of drug-likeness (QED) is 0.933. The highest BCUT2D eigenvalue weighted by molar-refractivity contribution is 7.18. The monoisotopic (exact) mass is 275 g/mol. The first kappa shape index (κ1) is 13.0. The summed E-state index contributed by atoms with van der Waals surface area (Å²) < 4.78 is 1.32. The third-order valence-corrected chi connectivity index (χ3v) is 5.12. The van der Waals surface area contributed by atoms with Gasteiger partial charge in [-0.15, -0.1) is 11.3 Å². The molecule has 1 aromatic heterocycles. The number of likely N-dealkylation sites (tertiary alicyclic amines) is 1. The highest BCUT2D eigenvalue weighted by Crippen LogP contribution is 2.33. The lowest BCUT2D eigenvalue weighted by Gasteiger charge is -2.30. The average molecular weight is 275 g/mol. The van der Waals surface area contributed by atoms with Gasteiger partial charge in [0, 0.05) is 5.92 Å². The van der Waals surface area contributed by atoms with Gasteiger partial charge < -0.3 is 10.6 Å². The van der Waals surface area contributed by atoms with Crippen molar-refractivity contribution in [1.29, 1.82) is 0 Å². The highest BCUT2D eigenvalue weighted by atomic mass is 32.1. The first-order valence-electron chi connectivity index (χ1n) is 7.14. The van der Waals surface area contributed by atoms with Crippen molar-refractivity contribution in [3.05, 3.63) is 29.3 Å². The van der Waals surface area contributed by atoms with E-state index in [1.54, 1.807) is 0 Å². The first-order valence-corrected chi connectivity index (χ1v) is 7.96. The van der Waals surface area contributed by atoms with Crippen molar-refractivity contribution >= 4 is 21.6 Å². The van der Waals surface area contributed by atoms with Crippen LogP contribution in [0, 0.1) is 0 Å². The zero-order valence-electron chi connectivity index (χ0n) is 11.2. The number of hydrogen-bond donors (Lipinski definition) is 1. The summed E-state index contributed by atoms with van der Waals surface area (Å²) in [5.41, 5.74) is 6.73. The van der Waals surface area contributed by atoms with Crippen LogP contribution in [0.3, 0.4) is 0 Å². The van der Waals surface area contributed by atoms with Crippen LogP contribution in [-0.2, 0) is 0 Å². The van der Waals surface area contributed by atoms with Gasteiger partial charge in [0.25, 0.3) is 0 Å². The Kier molecular flexibility index (Phi) is 4.11. The van der Waals surface area contributed by atoms with E-state index in [-0.39, 0.29) is 0 Å². The largest absolute Gasteiger partial charge is 0.330 e. The SMILES string of the molecule is NCCCN1CCC(c2nc3ccccc3s2)CC1. The third-order valence-electron chi connectivity index (χ3n) is 3.93. The lowest BCUT2D eigenvalue weighted by atomic mass is 9.97. The molecule has 0 atom stereocenters. The zero-order valence-corrected chi connectivity index (χ0v) is 12.0. The topological polar surface area (TPSA) is 42.1 Å². The molecule has 0 unspecified atom stereocenters. The molecule has 0 radical (unpaired) electrons. The van der Waals surface area contributed by atoms with Gasteiger partial charge in [0.05, 0.1) is 15.2 Å². The average Bonchev–Trinajstić information content (AvgIpc) is 2.89. The van der Waals surface area contributed by atoms with E-state index in [9.17, 15) is 0 Å². The van der Waals surface area contributed by atoms with E-state index >= 15 is 0 Å². The molecule has 2 aromatic rings. The Morgan fingerprint density at radius 3 is 2.79 bits per heavy atom. The minimum absolute atomic E-state index is 0.659. The molecule has 2 heterocycles. The molecule has 19 heavy (non-hydrogen) atoms. The van der Waals surface area contributed by atoms with Crippen molar-refractivity contribution in [2.75, 3.05) is 26.2 Å². The van der Waals surface area contributed by atoms with E-state index in [1.165, 1.54) is 35.6 Å². The molecule has 3 rings (SSSR count). The molecule has 3 nitrogen and oxygen atoms in total. The molecule has 4 heteroatoms. The molecule has 1 fully saturated rings. The molecule has 0 aliphatic carbocycles. The Labute approximate surface area is 118 Å². The fraction of sp³-hybridized carbons (Fsp3) is 0.533. The Morgan fingerprint density at radius 1 is 1.26 bits per heavy atom. The number of thiazole rings is 1. The maximum atomic E-state index is 5.57. The molecule has 0 saturated carbocycles. The fourth-order valence-corrected chi connectivity index (χ4v) is 3.92. The second kappa shape index (κ2) is 5.99. The number of aromatic nitrogens is 1. The van der Waals surface area contributed by atoms with Gasteiger partial charge in [-0.2, -0.15) is 0 Å². The Hall–Kier alpha value is -0.970. The summed E-state index contributed by atoms with van der Waals surface area (Å²) in [6, 6.07) is 8.46. The maximum absolute atomic E-state index is 5.57. The van der Waals surface area contributed by atoms with Crippen LogP contribution in [0.15, 0.2) is 24.3 Å². The zero-order chi connectivity index (χ0) is 13.1. The summed E-state index contributed by atoms with van der Waals surface area (Å²) in [5.74, 6) is 0.659. The molecule has 1 aliphatic heterocycles. The summed E-state index contributed by atoms with van der Waals surface area (Å²) >= 11 is 1.87. The molecule has 2 N–H and O–H groups in total. The molecular formula is C15H21N3S. The number of fused-ring (bicyclic) bond motifs is 1. The van der Waals surface area contributed by atoms with Crippen LogP contribution >= 0.6 is 11.3 Å². The van der Waals surface area contributed by atoms with Crippen LogP contribution in [0.25, 0.3) is 10.2 Å². The molecule has 1 saturated heterocycles. The highest BCUT2D eigenvalue weighted by Gasteiger charge is 2.22. The molecule has 0 spiro atoms. The van der Waals surface area contributed by atoms with Crippen molar-refractivity contribution in [3.63, 3.8) is 0 Å². The van der Waals surface area contributed by atoms with Crippen molar-refractivity contribution in [2.24, 2.45) is 5.73 Å². The third kappa shape index (κ3) is 2.96. The minimum atomic E-state index is 0.659. The normalized spacial score (nSPS) is 18.2. The van der Waals surface area contributed by atoms with Gasteiger partial charge in [0.15, 0.2) is 0 Å². The van der Waals surface area contributed by atoms with E-state index in [4.69, 9.17) is 10.7 Å². The lowest BCUT2D eigenvalue weighted by Crippen LogP contribution is -2.34.